The Bertz CT molecular complexity index is 545. The van der Waals surface area contributed by atoms with Gasteiger partial charge in [0.1, 0.15) is 5.75 Å². The van der Waals surface area contributed by atoms with Crippen LogP contribution in [0.5, 0.6) is 5.75 Å². The van der Waals surface area contributed by atoms with Crippen LogP contribution in [0.4, 0.5) is 5.69 Å². The first-order valence-electron chi connectivity index (χ1n) is 6.38. The van der Waals surface area contributed by atoms with Crippen molar-refractivity contribution in [2.24, 2.45) is 0 Å². The number of benzene rings is 2. The molecule has 0 aliphatic heterocycles. The minimum absolute atomic E-state index is 0.0332. The van der Waals surface area contributed by atoms with Crippen LogP contribution >= 0.6 is 11.6 Å². The summed E-state index contributed by atoms with van der Waals surface area (Å²) in [6, 6.07) is 15.7. The van der Waals surface area contributed by atoms with Gasteiger partial charge in [-0.15, -0.1) is 0 Å². The van der Waals surface area contributed by atoms with E-state index in [0.717, 1.165) is 17.0 Å². The Morgan fingerprint density at radius 2 is 1.85 bits per heavy atom. The van der Waals surface area contributed by atoms with E-state index in [1.54, 1.807) is 14.2 Å². The van der Waals surface area contributed by atoms with Crippen molar-refractivity contribution in [2.75, 3.05) is 26.1 Å². The van der Waals surface area contributed by atoms with E-state index in [1.807, 2.05) is 36.4 Å². The van der Waals surface area contributed by atoms with Gasteiger partial charge in [-0.1, -0.05) is 41.9 Å². The van der Waals surface area contributed by atoms with Gasteiger partial charge < -0.3 is 14.8 Å². The summed E-state index contributed by atoms with van der Waals surface area (Å²) in [7, 11) is 3.32. The number of nitrogens with one attached hydrogen (secondary N) is 1. The van der Waals surface area contributed by atoms with Gasteiger partial charge in [-0.05, 0) is 17.7 Å². The van der Waals surface area contributed by atoms with Gasteiger partial charge in [0, 0.05) is 13.2 Å². The maximum absolute atomic E-state index is 6.23. The monoisotopic (exact) mass is 291 g/mol. The Kier molecular flexibility index (Phi) is 5.27. The van der Waals surface area contributed by atoms with E-state index in [4.69, 9.17) is 21.1 Å². The van der Waals surface area contributed by atoms with E-state index in [-0.39, 0.29) is 6.04 Å². The standard InChI is InChI=1S/C16H18ClNO2/c1-19-11-16(12-6-4-3-5-7-12)18-15-10-13(20-2)8-9-14(15)17/h3-10,16,18H,11H2,1-2H3. The van der Waals surface area contributed by atoms with Crippen molar-refractivity contribution in [3.05, 3.63) is 59.1 Å². The fourth-order valence-corrected chi connectivity index (χ4v) is 2.18. The van der Waals surface area contributed by atoms with Crippen LogP contribution < -0.4 is 10.1 Å². The molecule has 4 heteroatoms. The predicted octanol–water partition coefficient (Wildman–Crippen LogP) is 4.15. The van der Waals surface area contributed by atoms with Gasteiger partial charge in [0.2, 0.25) is 0 Å². The number of methoxy groups -OCH3 is 2. The molecule has 3 nitrogen and oxygen atoms in total. The first kappa shape index (κ1) is 14.7. The lowest BCUT2D eigenvalue weighted by Crippen LogP contribution is -2.16. The highest BCUT2D eigenvalue weighted by atomic mass is 35.5. The van der Waals surface area contributed by atoms with Crippen LogP contribution in [0.2, 0.25) is 5.02 Å². The van der Waals surface area contributed by atoms with Gasteiger partial charge >= 0.3 is 0 Å². The summed E-state index contributed by atoms with van der Waals surface area (Å²) >= 11 is 6.23. The fourth-order valence-electron chi connectivity index (χ4n) is 2.00. The average molecular weight is 292 g/mol. The molecule has 2 rings (SSSR count). The summed E-state index contributed by atoms with van der Waals surface area (Å²) in [5.74, 6) is 0.765. The molecule has 0 aromatic heterocycles. The predicted molar refractivity (Wildman–Crippen MR) is 82.7 cm³/mol. The van der Waals surface area contributed by atoms with Crippen LogP contribution in [0.1, 0.15) is 11.6 Å². The average Bonchev–Trinajstić information content (AvgIpc) is 2.49. The molecule has 0 radical (unpaired) electrons. The Labute approximate surface area is 124 Å². The van der Waals surface area contributed by atoms with E-state index >= 15 is 0 Å². The van der Waals surface area contributed by atoms with Crippen molar-refractivity contribution in [1.82, 2.24) is 0 Å². The van der Waals surface area contributed by atoms with E-state index in [1.165, 1.54) is 0 Å². The highest BCUT2D eigenvalue weighted by Gasteiger charge is 2.13. The normalized spacial score (nSPS) is 11.9. The number of anilines is 1. The molecular weight excluding hydrogens is 274 g/mol. The fraction of sp³-hybridized carbons (Fsp3) is 0.250. The third kappa shape index (κ3) is 3.65. The second kappa shape index (κ2) is 7.17. The van der Waals surface area contributed by atoms with Gasteiger partial charge in [-0.3, -0.25) is 0 Å². The lowest BCUT2D eigenvalue weighted by molar-refractivity contribution is 0.186. The van der Waals surface area contributed by atoms with Crippen LogP contribution in [0.3, 0.4) is 0 Å². The molecule has 2 aromatic rings. The van der Waals surface area contributed by atoms with Crippen molar-refractivity contribution in [1.29, 1.82) is 0 Å². The van der Waals surface area contributed by atoms with E-state index in [9.17, 15) is 0 Å². The smallest absolute Gasteiger partial charge is 0.121 e. The second-order valence-electron chi connectivity index (χ2n) is 4.41. The zero-order chi connectivity index (χ0) is 14.4. The topological polar surface area (TPSA) is 30.5 Å². The highest BCUT2D eigenvalue weighted by molar-refractivity contribution is 6.33. The van der Waals surface area contributed by atoms with E-state index in [2.05, 4.69) is 17.4 Å². The molecule has 0 saturated carbocycles. The Morgan fingerprint density at radius 3 is 2.50 bits per heavy atom. The molecule has 0 amide bonds. The zero-order valence-electron chi connectivity index (χ0n) is 11.6. The maximum atomic E-state index is 6.23. The molecule has 106 valence electrons. The molecule has 1 unspecified atom stereocenters. The quantitative estimate of drug-likeness (QED) is 0.867. The lowest BCUT2D eigenvalue weighted by atomic mass is 10.1. The highest BCUT2D eigenvalue weighted by Crippen LogP contribution is 2.30. The number of rotatable bonds is 6. The summed E-state index contributed by atoms with van der Waals surface area (Å²) in [4.78, 5) is 0. The van der Waals surface area contributed by atoms with Gasteiger partial charge in [-0.2, -0.15) is 0 Å². The van der Waals surface area contributed by atoms with Crippen molar-refractivity contribution in [3.8, 4) is 5.75 Å². The molecule has 0 heterocycles. The molecule has 0 spiro atoms. The Morgan fingerprint density at radius 1 is 1.10 bits per heavy atom. The molecule has 0 aliphatic rings. The molecule has 2 aromatic carbocycles. The number of halogens is 1. The minimum Gasteiger partial charge on any atom is -0.497 e. The molecule has 1 N–H and O–H groups in total. The summed E-state index contributed by atoms with van der Waals surface area (Å²) in [6.45, 7) is 0.553. The van der Waals surface area contributed by atoms with E-state index in [0.29, 0.717) is 11.6 Å². The molecule has 20 heavy (non-hydrogen) atoms. The van der Waals surface area contributed by atoms with Gasteiger partial charge in [0.15, 0.2) is 0 Å². The number of hydrogen-bond acceptors (Lipinski definition) is 3. The lowest BCUT2D eigenvalue weighted by Gasteiger charge is -2.20. The van der Waals surface area contributed by atoms with E-state index < -0.39 is 0 Å². The molecule has 0 bridgehead atoms. The van der Waals surface area contributed by atoms with Crippen LogP contribution in [0.25, 0.3) is 0 Å². The maximum Gasteiger partial charge on any atom is 0.121 e. The van der Waals surface area contributed by atoms with Gasteiger partial charge in [-0.25, -0.2) is 0 Å². The van der Waals surface area contributed by atoms with Crippen LogP contribution in [0.15, 0.2) is 48.5 Å². The summed E-state index contributed by atoms with van der Waals surface area (Å²) in [5, 5.41) is 4.06. The minimum atomic E-state index is 0.0332. The van der Waals surface area contributed by atoms with Gasteiger partial charge in [0.25, 0.3) is 0 Å². The van der Waals surface area contributed by atoms with Gasteiger partial charge in [0.05, 0.1) is 30.5 Å². The van der Waals surface area contributed by atoms with Crippen LogP contribution in [-0.2, 0) is 4.74 Å². The first-order valence-corrected chi connectivity index (χ1v) is 6.76. The molecule has 1 atom stereocenters. The molecular formula is C16H18ClNO2. The van der Waals surface area contributed by atoms with Crippen molar-refractivity contribution >= 4 is 17.3 Å². The molecule has 0 fully saturated rings. The summed E-state index contributed by atoms with van der Waals surface area (Å²) < 4.78 is 10.5. The van der Waals surface area contributed by atoms with Crippen LogP contribution in [0, 0.1) is 0 Å². The molecule has 0 aliphatic carbocycles. The van der Waals surface area contributed by atoms with Crippen molar-refractivity contribution in [3.63, 3.8) is 0 Å². The van der Waals surface area contributed by atoms with Crippen molar-refractivity contribution < 1.29 is 9.47 Å². The Hall–Kier alpha value is -1.71. The van der Waals surface area contributed by atoms with Crippen molar-refractivity contribution in [2.45, 2.75) is 6.04 Å². The third-order valence-corrected chi connectivity index (χ3v) is 3.37. The third-order valence-electron chi connectivity index (χ3n) is 3.04. The summed E-state index contributed by atoms with van der Waals surface area (Å²) in [6.07, 6.45) is 0. The largest absolute Gasteiger partial charge is 0.497 e. The Balaban J connectivity index is 2.24. The second-order valence-corrected chi connectivity index (χ2v) is 4.82. The number of hydrogen-bond donors (Lipinski definition) is 1. The molecule has 0 saturated heterocycles. The first-order chi connectivity index (χ1) is 9.74. The SMILES string of the molecule is COCC(Nc1cc(OC)ccc1Cl)c1ccccc1. The summed E-state index contributed by atoms with van der Waals surface area (Å²) in [5.41, 5.74) is 1.98. The van der Waals surface area contributed by atoms with Crippen LogP contribution in [-0.4, -0.2) is 20.8 Å². The zero-order valence-corrected chi connectivity index (χ0v) is 12.4. The number of ether oxygens (including phenoxy) is 2.